The fraction of sp³-hybridized carbons (Fsp3) is 0.238. The molecule has 0 amide bonds. The van der Waals surface area contributed by atoms with Crippen LogP contribution in [-0.2, 0) is 19.9 Å². The van der Waals surface area contributed by atoms with Crippen LogP contribution < -0.4 is 78.6 Å². The second-order valence-corrected chi connectivity index (χ2v) is 8.63. The molecule has 1 fully saturated rings. The quantitative estimate of drug-likeness (QED) is 0.122. The number of fused-ring (bicyclic) bond motifs is 1. The summed E-state index contributed by atoms with van der Waals surface area (Å²) in [6, 6.07) is 6.89. The summed E-state index contributed by atoms with van der Waals surface area (Å²) < 4.78 is 51.9. The molecule has 38 heavy (non-hydrogen) atoms. The molecule has 1 aliphatic rings. The Hall–Kier alpha value is -1.73. The van der Waals surface area contributed by atoms with Gasteiger partial charge in [0.2, 0.25) is 11.7 Å². The first-order chi connectivity index (χ1) is 16.9. The van der Waals surface area contributed by atoms with E-state index in [-0.39, 0.29) is 92.7 Å². The van der Waals surface area contributed by atoms with Crippen molar-refractivity contribution in [1.29, 1.82) is 0 Å². The van der Waals surface area contributed by atoms with Crippen LogP contribution in [-0.4, -0.2) is 70.1 Å². The second-order valence-electron chi connectivity index (χ2n) is 7.64. The molecule has 14 nitrogen and oxygen atoms in total. The summed E-state index contributed by atoms with van der Waals surface area (Å²) in [6.45, 7) is 0. The van der Waals surface area contributed by atoms with Crippen LogP contribution in [0.3, 0.4) is 0 Å². The molecule has 1 aliphatic heterocycles. The van der Waals surface area contributed by atoms with Crippen LogP contribution in [0.5, 0.6) is 17.2 Å². The number of aliphatic hydroxyl groups is 3. The van der Waals surface area contributed by atoms with Crippen molar-refractivity contribution in [2.75, 3.05) is 0 Å². The van der Waals surface area contributed by atoms with E-state index in [1.54, 1.807) is 0 Å². The number of hydrogen-bond donors (Lipinski definition) is 4. The zero-order chi connectivity index (χ0) is 26.4. The van der Waals surface area contributed by atoms with Gasteiger partial charge >= 0.3 is 59.1 Å². The molecule has 17 heteroatoms. The fourth-order valence-electron chi connectivity index (χ4n) is 3.56. The molecule has 0 bridgehead atoms. The largest absolute Gasteiger partial charge is 1.00 e. The van der Waals surface area contributed by atoms with Crippen LogP contribution in [0, 0.1) is 0 Å². The van der Waals surface area contributed by atoms with Crippen molar-refractivity contribution >= 4 is 27.3 Å². The minimum atomic E-state index is -4.99. The third-order valence-corrected chi connectivity index (χ3v) is 5.64. The zero-order valence-electron chi connectivity index (χ0n) is 19.7. The van der Waals surface area contributed by atoms with E-state index in [0.29, 0.717) is 0 Å². The smallest absolute Gasteiger partial charge is 0.716 e. The van der Waals surface area contributed by atoms with Crippen molar-refractivity contribution < 1.29 is 120 Å². The van der Waals surface area contributed by atoms with Crippen molar-refractivity contribution in [2.24, 2.45) is 0 Å². The minimum absolute atomic E-state index is 0. The number of aliphatic hydroxyl groups excluding tert-OH is 3. The molecule has 1 aromatic heterocycles. The van der Waals surface area contributed by atoms with E-state index in [1.165, 1.54) is 12.1 Å². The topological polar surface area (TPSA) is 236 Å². The fourth-order valence-corrected chi connectivity index (χ4v) is 3.90. The van der Waals surface area contributed by atoms with Crippen molar-refractivity contribution in [2.45, 2.75) is 30.7 Å². The average Bonchev–Trinajstić information content (AvgIpc) is 2.79. The van der Waals surface area contributed by atoms with Gasteiger partial charge in [-0.3, -0.25) is 4.79 Å². The van der Waals surface area contributed by atoms with E-state index in [2.05, 4.69) is 4.18 Å². The van der Waals surface area contributed by atoms with Gasteiger partial charge in [0.15, 0.2) is 0 Å². The van der Waals surface area contributed by atoms with Crippen LogP contribution in [0.1, 0.15) is 0 Å². The number of phenolic OH excluding ortho intramolecular Hbond substituents is 1. The maximum absolute atomic E-state index is 13.0. The summed E-state index contributed by atoms with van der Waals surface area (Å²) in [5, 5.41) is 51.0. The third-order valence-electron chi connectivity index (χ3n) is 5.25. The van der Waals surface area contributed by atoms with Crippen LogP contribution in [0.2, 0.25) is 0 Å². The number of carbonyl (C=O) groups is 1. The van der Waals surface area contributed by atoms with E-state index in [1.807, 2.05) is 0 Å². The molecule has 0 aliphatic carbocycles. The summed E-state index contributed by atoms with van der Waals surface area (Å²) in [5.41, 5.74) is -0.683. The van der Waals surface area contributed by atoms with Gasteiger partial charge in [0.1, 0.15) is 58.9 Å². The molecular weight excluding hydrogens is 554 g/mol. The Bertz CT molecular complexity index is 1470. The minimum Gasteiger partial charge on any atom is -0.716 e. The van der Waals surface area contributed by atoms with Gasteiger partial charge in [-0.2, -0.15) is 0 Å². The van der Waals surface area contributed by atoms with Gasteiger partial charge in [-0.15, -0.1) is 0 Å². The van der Waals surface area contributed by atoms with Crippen LogP contribution in [0.25, 0.3) is 22.1 Å². The molecule has 3 aromatic rings. The van der Waals surface area contributed by atoms with Gasteiger partial charge in [-0.1, -0.05) is 12.1 Å². The summed E-state index contributed by atoms with van der Waals surface area (Å²) >= 11 is 0. The number of hydrogen-bond acceptors (Lipinski definition) is 14. The first-order valence-corrected chi connectivity index (χ1v) is 11.3. The third kappa shape index (κ3) is 6.88. The molecule has 0 saturated carbocycles. The van der Waals surface area contributed by atoms with Crippen molar-refractivity contribution in [3.8, 4) is 28.4 Å². The Kier molecular flexibility index (Phi) is 10.8. The number of carboxylic acid groups (broad SMARTS) is 1. The number of aromatic hydroxyl groups is 1. The number of rotatable bonds is 6. The molecule has 1 saturated heterocycles. The summed E-state index contributed by atoms with van der Waals surface area (Å²) in [5.74, 6) is -3.02. The Morgan fingerprint density at radius 1 is 0.974 bits per heavy atom. The Balaban J connectivity index is 0.00000253. The van der Waals surface area contributed by atoms with Crippen molar-refractivity contribution in [1.82, 2.24) is 0 Å². The second kappa shape index (κ2) is 12.6. The number of phenols is 1. The van der Waals surface area contributed by atoms with Crippen LogP contribution in [0.15, 0.2) is 51.9 Å². The van der Waals surface area contributed by atoms with Gasteiger partial charge in [0.25, 0.3) is 10.4 Å². The first kappa shape index (κ1) is 32.5. The molecule has 2 heterocycles. The van der Waals surface area contributed by atoms with Crippen molar-refractivity contribution in [3.63, 3.8) is 0 Å². The number of carboxylic acids is 1. The first-order valence-electron chi connectivity index (χ1n) is 9.97. The number of carbonyl (C=O) groups excluding carboxylic acids is 1. The number of ether oxygens (including phenoxy) is 2. The Labute approximate surface area is 257 Å². The Morgan fingerprint density at radius 2 is 1.61 bits per heavy atom. The van der Waals surface area contributed by atoms with E-state index in [4.69, 9.17) is 13.9 Å². The normalized spacial score (nSPS) is 23.1. The standard InChI is InChI=1S/C21H18O14S.2Na/c22-12-5-10(33-21-18(26)16(24)17(25)19(34-21)20(27)28)6-13-14(12)15(23)11(7-32-13)8-1-3-9(4-2-8)35-36(29,30)31;;/h1-7,16-19,21-22,24-26H,(H,27,28)(H,29,30,31);;/q;2*+1/p-2. The van der Waals surface area contributed by atoms with E-state index in [9.17, 15) is 48.1 Å². The van der Waals surface area contributed by atoms with Gasteiger partial charge in [0, 0.05) is 12.1 Å². The summed E-state index contributed by atoms with van der Waals surface area (Å²) in [7, 11) is -4.99. The maximum atomic E-state index is 13.0. The van der Waals surface area contributed by atoms with Gasteiger partial charge in [-0.25, -0.2) is 8.42 Å². The predicted molar refractivity (Wildman–Crippen MR) is 112 cm³/mol. The number of aliphatic carboxylic acids is 1. The zero-order valence-corrected chi connectivity index (χ0v) is 24.5. The van der Waals surface area contributed by atoms with Gasteiger partial charge < -0.3 is 53.0 Å². The molecule has 4 N–H and O–H groups in total. The monoisotopic (exact) mass is 570 g/mol. The summed E-state index contributed by atoms with van der Waals surface area (Å²) in [6.07, 6.45) is -8.61. The maximum Gasteiger partial charge on any atom is 1.00 e. The predicted octanol–water partition coefficient (Wildman–Crippen LogP) is -8.05. The van der Waals surface area contributed by atoms with Crippen LogP contribution in [0.4, 0.5) is 0 Å². The molecule has 0 radical (unpaired) electrons. The van der Waals surface area contributed by atoms with Crippen LogP contribution >= 0.6 is 0 Å². The molecule has 0 spiro atoms. The molecule has 2 aromatic carbocycles. The molecule has 192 valence electrons. The molecule has 4 rings (SSSR count). The van der Waals surface area contributed by atoms with Gasteiger partial charge in [-0.05, 0) is 17.7 Å². The SMILES string of the molecule is O=C([O-])C1OC(Oc2cc(O)c3c(=O)c(-c4ccc(OS(=O)(=O)[O-])cc4)coc3c2)C(O)C(O)C1O.[Na+].[Na+]. The van der Waals surface area contributed by atoms with Gasteiger partial charge in [0.05, 0.1) is 11.5 Å². The Morgan fingerprint density at radius 3 is 2.18 bits per heavy atom. The van der Waals surface area contributed by atoms with E-state index >= 15 is 0 Å². The van der Waals surface area contributed by atoms with E-state index in [0.717, 1.165) is 30.5 Å². The molecule has 5 unspecified atom stereocenters. The molecule has 5 atom stereocenters. The van der Waals surface area contributed by atoms with E-state index < -0.39 is 58.3 Å². The van der Waals surface area contributed by atoms with Crippen molar-refractivity contribution in [3.05, 3.63) is 52.9 Å². The number of benzene rings is 2. The molecular formula is C21H16Na2O14S. The summed E-state index contributed by atoms with van der Waals surface area (Å²) in [4.78, 5) is 24.1. The average molecular weight is 570 g/mol.